The van der Waals surface area contributed by atoms with Crippen LogP contribution in [-0.2, 0) is 0 Å². The number of urea groups is 1. The first-order chi connectivity index (χ1) is 8.65. The van der Waals surface area contributed by atoms with Crippen molar-refractivity contribution in [1.82, 2.24) is 14.3 Å². The van der Waals surface area contributed by atoms with Gasteiger partial charge in [0.1, 0.15) is 0 Å². The van der Waals surface area contributed by atoms with E-state index >= 15 is 0 Å². The molecule has 0 saturated heterocycles. The summed E-state index contributed by atoms with van der Waals surface area (Å²) < 4.78 is 4.18. The number of nitrogens with one attached hydrogen (secondary N) is 1. The van der Waals surface area contributed by atoms with Gasteiger partial charge in [0.05, 0.1) is 0 Å². The van der Waals surface area contributed by atoms with E-state index in [-0.39, 0.29) is 6.03 Å². The van der Waals surface area contributed by atoms with E-state index in [9.17, 15) is 4.79 Å². The van der Waals surface area contributed by atoms with E-state index < -0.39 is 0 Å². The Morgan fingerprint density at radius 3 is 2.72 bits per heavy atom. The summed E-state index contributed by atoms with van der Waals surface area (Å²) in [6, 6.07) is 9.66. The maximum atomic E-state index is 11.4. The highest BCUT2D eigenvalue weighted by Crippen LogP contribution is 2.27. The summed E-state index contributed by atoms with van der Waals surface area (Å²) in [5.74, 6) is 0. The molecule has 0 spiro atoms. The van der Waals surface area contributed by atoms with Crippen molar-refractivity contribution < 1.29 is 4.79 Å². The summed E-state index contributed by atoms with van der Waals surface area (Å²) in [4.78, 5) is 18.2. The first kappa shape index (κ1) is 12.8. The van der Waals surface area contributed by atoms with E-state index in [1.165, 1.54) is 28.2 Å². The molecule has 0 fully saturated rings. The molecule has 0 aliphatic heterocycles. The van der Waals surface area contributed by atoms with Crippen LogP contribution in [0.15, 0.2) is 40.4 Å². The van der Waals surface area contributed by atoms with Crippen LogP contribution in [0, 0.1) is 0 Å². The van der Waals surface area contributed by atoms with Crippen LogP contribution in [-0.4, -0.2) is 34.4 Å². The molecular weight excluding hydrogens is 268 g/mol. The van der Waals surface area contributed by atoms with E-state index in [0.29, 0.717) is 10.3 Å². The Hall–Kier alpha value is -1.60. The Bertz CT molecular complexity index is 527. The monoisotopic (exact) mass is 280 g/mol. The molecule has 94 valence electrons. The summed E-state index contributed by atoms with van der Waals surface area (Å²) in [6.07, 6.45) is 0. The van der Waals surface area contributed by atoms with Crippen LogP contribution in [0.5, 0.6) is 0 Å². The van der Waals surface area contributed by atoms with E-state index in [4.69, 9.17) is 0 Å². The number of benzene rings is 1. The minimum absolute atomic E-state index is 0.206. The van der Waals surface area contributed by atoms with E-state index in [2.05, 4.69) is 14.7 Å². The minimum atomic E-state index is -0.206. The average molecular weight is 280 g/mol. The van der Waals surface area contributed by atoms with Crippen molar-refractivity contribution in [3.05, 3.63) is 30.3 Å². The van der Waals surface area contributed by atoms with Gasteiger partial charge in [0, 0.05) is 30.5 Å². The van der Waals surface area contributed by atoms with Gasteiger partial charge in [0.15, 0.2) is 0 Å². The number of aromatic nitrogens is 2. The van der Waals surface area contributed by atoms with E-state index in [1.54, 1.807) is 14.1 Å². The molecule has 0 unspecified atom stereocenters. The zero-order valence-electron chi connectivity index (χ0n) is 9.95. The van der Waals surface area contributed by atoms with Gasteiger partial charge in [-0.25, -0.2) is 4.79 Å². The second-order valence-electron chi connectivity index (χ2n) is 3.62. The lowest BCUT2D eigenvalue weighted by Gasteiger charge is -2.08. The maximum Gasteiger partial charge on any atom is 0.323 e. The second-order valence-corrected chi connectivity index (χ2v) is 5.41. The summed E-state index contributed by atoms with van der Waals surface area (Å²) in [6.45, 7) is 0. The molecule has 2 amide bonds. The van der Waals surface area contributed by atoms with Crippen LogP contribution in [0.25, 0.3) is 0 Å². The Morgan fingerprint density at radius 2 is 2.06 bits per heavy atom. The van der Waals surface area contributed by atoms with Gasteiger partial charge in [0.2, 0.25) is 10.3 Å². The Balaban J connectivity index is 2.00. The van der Waals surface area contributed by atoms with Gasteiger partial charge in [0.25, 0.3) is 0 Å². The third-order valence-corrected chi connectivity index (χ3v) is 3.60. The van der Waals surface area contributed by atoms with Crippen LogP contribution < -0.4 is 5.32 Å². The summed E-state index contributed by atoms with van der Waals surface area (Å²) in [5, 5.41) is 3.81. The molecule has 1 aromatic carbocycles. The first-order valence-corrected chi connectivity index (χ1v) is 6.79. The van der Waals surface area contributed by atoms with Crippen molar-refractivity contribution in [2.45, 2.75) is 10.1 Å². The zero-order valence-corrected chi connectivity index (χ0v) is 11.6. The lowest BCUT2D eigenvalue weighted by Crippen LogP contribution is -2.27. The van der Waals surface area contributed by atoms with E-state index in [1.807, 2.05) is 30.3 Å². The van der Waals surface area contributed by atoms with Gasteiger partial charge in [-0.05, 0) is 23.9 Å². The third-order valence-electron chi connectivity index (χ3n) is 1.98. The molecule has 2 aromatic rings. The van der Waals surface area contributed by atoms with Gasteiger partial charge in [-0.1, -0.05) is 18.2 Å². The summed E-state index contributed by atoms with van der Waals surface area (Å²) in [5.41, 5.74) is 0. The quantitative estimate of drug-likeness (QED) is 0.939. The standard InChI is InChI=1S/C11H12N4OS2/c1-15(2)11(16)13-9-12-10(14-18-9)17-8-6-4-3-5-7-8/h3-7H,1-2H3,(H,12,13,14,16). The number of rotatable bonds is 3. The topological polar surface area (TPSA) is 58.1 Å². The van der Waals surface area contributed by atoms with Crippen LogP contribution in [0.4, 0.5) is 9.93 Å². The number of anilines is 1. The molecule has 0 aliphatic rings. The number of carbonyl (C=O) groups excluding carboxylic acids is 1. The highest BCUT2D eigenvalue weighted by atomic mass is 32.2. The van der Waals surface area contributed by atoms with Gasteiger partial charge >= 0.3 is 6.03 Å². The summed E-state index contributed by atoms with van der Waals surface area (Å²) >= 11 is 2.64. The van der Waals surface area contributed by atoms with Gasteiger partial charge < -0.3 is 4.90 Å². The number of hydrogen-bond donors (Lipinski definition) is 1. The fraction of sp³-hybridized carbons (Fsp3) is 0.182. The lowest BCUT2D eigenvalue weighted by molar-refractivity contribution is 0.230. The highest BCUT2D eigenvalue weighted by molar-refractivity contribution is 7.99. The number of amides is 2. The fourth-order valence-electron chi connectivity index (χ4n) is 1.10. The van der Waals surface area contributed by atoms with Gasteiger partial charge in [-0.15, -0.1) is 0 Å². The molecule has 0 radical (unpaired) electrons. The fourth-order valence-corrected chi connectivity index (χ4v) is 2.52. The van der Waals surface area contributed by atoms with Crippen molar-refractivity contribution >= 4 is 34.5 Å². The van der Waals surface area contributed by atoms with Crippen LogP contribution >= 0.6 is 23.3 Å². The lowest BCUT2D eigenvalue weighted by atomic mass is 10.4. The minimum Gasteiger partial charge on any atom is -0.331 e. The molecule has 2 rings (SSSR count). The van der Waals surface area contributed by atoms with Gasteiger partial charge in [-0.2, -0.15) is 9.36 Å². The van der Waals surface area contributed by atoms with Gasteiger partial charge in [-0.3, -0.25) is 5.32 Å². The zero-order chi connectivity index (χ0) is 13.0. The Labute approximate surface area is 113 Å². The third kappa shape index (κ3) is 3.44. The predicted molar refractivity (Wildman–Crippen MR) is 73.2 cm³/mol. The number of hydrogen-bond acceptors (Lipinski definition) is 5. The normalized spacial score (nSPS) is 10.1. The highest BCUT2D eigenvalue weighted by Gasteiger charge is 2.09. The molecule has 1 N–H and O–H groups in total. The SMILES string of the molecule is CN(C)C(=O)Nc1nc(Sc2ccccc2)ns1. The van der Waals surface area contributed by atoms with Crippen LogP contribution in [0.3, 0.4) is 0 Å². The van der Waals surface area contributed by atoms with Crippen molar-refractivity contribution in [1.29, 1.82) is 0 Å². The van der Waals surface area contributed by atoms with Crippen LogP contribution in [0.2, 0.25) is 0 Å². The van der Waals surface area contributed by atoms with Crippen molar-refractivity contribution in [2.75, 3.05) is 19.4 Å². The average Bonchev–Trinajstić information content (AvgIpc) is 2.77. The molecule has 0 bridgehead atoms. The largest absolute Gasteiger partial charge is 0.331 e. The molecule has 5 nitrogen and oxygen atoms in total. The molecule has 0 aliphatic carbocycles. The molecule has 0 saturated carbocycles. The molecular formula is C11H12N4OS2. The summed E-state index contributed by atoms with van der Waals surface area (Å²) in [7, 11) is 3.35. The van der Waals surface area contributed by atoms with E-state index in [0.717, 1.165) is 4.90 Å². The Morgan fingerprint density at radius 1 is 1.33 bits per heavy atom. The first-order valence-electron chi connectivity index (χ1n) is 5.20. The van der Waals surface area contributed by atoms with Crippen LogP contribution in [0.1, 0.15) is 0 Å². The Kier molecular flexibility index (Phi) is 4.16. The van der Waals surface area contributed by atoms with Crippen molar-refractivity contribution in [3.63, 3.8) is 0 Å². The van der Waals surface area contributed by atoms with Crippen molar-refractivity contribution in [3.8, 4) is 0 Å². The maximum absolute atomic E-state index is 11.4. The predicted octanol–water partition coefficient (Wildman–Crippen LogP) is 2.78. The molecule has 1 heterocycles. The molecule has 1 aromatic heterocycles. The molecule has 18 heavy (non-hydrogen) atoms. The van der Waals surface area contributed by atoms with Crippen molar-refractivity contribution in [2.24, 2.45) is 0 Å². The molecule has 0 atom stereocenters. The smallest absolute Gasteiger partial charge is 0.323 e. The second kappa shape index (κ2) is 5.83. The molecule has 7 heteroatoms. The number of nitrogens with zero attached hydrogens (tertiary/aromatic N) is 3. The number of carbonyl (C=O) groups is 1.